The van der Waals surface area contributed by atoms with E-state index in [0.29, 0.717) is 32.0 Å². The third kappa shape index (κ3) is 6.74. The van der Waals surface area contributed by atoms with E-state index in [1.807, 2.05) is 41.3 Å². The summed E-state index contributed by atoms with van der Waals surface area (Å²) in [4.78, 5) is 18.5. The van der Waals surface area contributed by atoms with Gasteiger partial charge in [-0.15, -0.1) is 24.8 Å². The zero-order valence-corrected chi connectivity index (χ0v) is 17.3. The second-order valence-electron chi connectivity index (χ2n) is 6.06. The van der Waals surface area contributed by atoms with E-state index in [-0.39, 0.29) is 36.9 Å². The summed E-state index contributed by atoms with van der Waals surface area (Å²) in [5.74, 6) is 1.48. The third-order valence-electron chi connectivity index (χ3n) is 4.27. The standard InChI is InChI=1S/C19H24N4O3.2ClH/c1-25-17-5-2-4-15(10-17)11-22-19(24)23-9-8-21-12-16(23)14-26-18-6-3-7-20-13-18;;/h2-7,10,13,16,21H,8-9,11-12,14H2,1H3,(H,22,24);2*1H. The number of urea groups is 1. The van der Waals surface area contributed by atoms with Gasteiger partial charge in [0.15, 0.2) is 0 Å². The Morgan fingerprint density at radius 1 is 1.29 bits per heavy atom. The van der Waals surface area contributed by atoms with Crippen LogP contribution < -0.4 is 20.1 Å². The summed E-state index contributed by atoms with van der Waals surface area (Å²) in [6.07, 6.45) is 3.37. The Morgan fingerprint density at radius 3 is 2.86 bits per heavy atom. The average Bonchev–Trinajstić information content (AvgIpc) is 2.71. The van der Waals surface area contributed by atoms with E-state index in [2.05, 4.69) is 15.6 Å². The van der Waals surface area contributed by atoms with Crippen LogP contribution in [-0.2, 0) is 6.54 Å². The van der Waals surface area contributed by atoms with Gasteiger partial charge in [-0.25, -0.2) is 4.79 Å². The van der Waals surface area contributed by atoms with E-state index in [1.165, 1.54) is 0 Å². The van der Waals surface area contributed by atoms with Gasteiger partial charge in [0.2, 0.25) is 0 Å². The summed E-state index contributed by atoms with van der Waals surface area (Å²) in [5, 5.41) is 6.29. The van der Waals surface area contributed by atoms with Crippen LogP contribution in [0.25, 0.3) is 0 Å². The maximum absolute atomic E-state index is 12.6. The largest absolute Gasteiger partial charge is 0.497 e. The number of halogens is 2. The van der Waals surface area contributed by atoms with Crippen molar-refractivity contribution in [1.82, 2.24) is 20.5 Å². The van der Waals surface area contributed by atoms with Crippen LogP contribution in [0.15, 0.2) is 48.8 Å². The zero-order chi connectivity index (χ0) is 18.2. The Hall–Kier alpha value is -2.22. The van der Waals surface area contributed by atoms with Gasteiger partial charge in [-0.1, -0.05) is 12.1 Å². The molecule has 2 amide bonds. The van der Waals surface area contributed by atoms with Gasteiger partial charge in [-0.3, -0.25) is 4.98 Å². The number of ether oxygens (including phenoxy) is 2. The van der Waals surface area contributed by atoms with Gasteiger partial charge in [0.05, 0.1) is 19.3 Å². The highest BCUT2D eigenvalue weighted by atomic mass is 35.5. The summed E-state index contributed by atoms with van der Waals surface area (Å²) in [6, 6.07) is 11.2. The molecular weight excluding hydrogens is 403 g/mol. The topological polar surface area (TPSA) is 75.7 Å². The molecule has 1 aromatic heterocycles. The first-order valence-corrected chi connectivity index (χ1v) is 8.67. The van der Waals surface area contributed by atoms with Crippen molar-refractivity contribution < 1.29 is 14.3 Å². The minimum atomic E-state index is -0.0888. The number of rotatable bonds is 6. The summed E-state index contributed by atoms with van der Waals surface area (Å²) in [5.41, 5.74) is 0.996. The Kier molecular flexibility index (Phi) is 10.4. The van der Waals surface area contributed by atoms with Crippen LogP contribution in [0, 0.1) is 0 Å². The molecule has 1 aliphatic heterocycles. The number of aromatic nitrogens is 1. The summed E-state index contributed by atoms with van der Waals surface area (Å²) >= 11 is 0. The SMILES string of the molecule is COc1cccc(CNC(=O)N2CCNCC2COc2cccnc2)c1.Cl.Cl. The molecule has 28 heavy (non-hydrogen) atoms. The number of nitrogens with zero attached hydrogens (tertiary/aromatic N) is 2. The molecule has 7 nitrogen and oxygen atoms in total. The molecule has 1 fully saturated rings. The van der Waals surface area contributed by atoms with Crippen molar-refractivity contribution in [2.45, 2.75) is 12.6 Å². The van der Waals surface area contributed by atoms with Crippen LogP contribution in [0.1, 0.15) is 5.56 Å². The van der Waals surface area contributed by atoms with Crippen molar-refractivity contribution in [2.24, 2.45) is 0 Å². The van der Waals surface area contributed by atoms with Crippen LogP contribution >= 0.6 is 24.8 Å². The summed E-state index contributed by atoms with van der Waals surface area (Å²) < 4.78 is 11.0. The fourth-order valence-corrected chi connectivity index (χ4v) is 2.86. The highest BCUT2D eigenvalue weighted by molar-refractivity contribution is 5.85. The molecule has 0 bridgehead atoms. The number of carbonyl (C=O) groups is 1. The number of hydrogen-bond donors (Lipinski definition) is 2. The van der Waals surface area contributed by atoms with Gasteiger partial charge >= 0.3 is 6.03 Å². The van der Waals surface area contributed by atoms with Crippen molar-refractivity contribution in [3.63, 3.8) is 0 Å². The van der Waals surface area contributed by atoms with Gasteiger partial charge in [-0.05, 0) is 29.8 Å². The highest BCUT2D eigenvalue weighted by Crippen LogP contribution is 2.13. The first-order chi connectivity index (χ1) is 12.8. The number of hydrogen-bond acceptors (Lipinski definition) is 5. The molecule has 2 N–H and O–H groups in total. The predicted octanol–water partition coefficient (Wildman–Crippen LogP) is 2.50. The molecule has 0 spiro atoms. The molecule has 0 radical (unpaired) electrons. The molecule has 1 aliphatic rings. The average molecular weight is 429 g/mol. The van der Waals surface area contributed by atoms with Gasteiger partial charge in [-0.2, -0.15) is 0 Å². The molecule has 154 valence electrons. The van der Waals surface area contributed by atoms with Crippen molar-refractivity contribution in [3.8, 4) is 11.5 Å². The summed E-state index contributed by atoms with van der Waals surface area (Å²) in [6.45, 7) is 3.00. The smallest absolute Gasteiger partial charge is 0.318 e. The number of nitrogens with one attached hydrogen (secondary N) is 2. The van der Waals surface area contributed by atoms with Crippen LogP contribution in [0.2, 0.25) is 0 Å². The third-order valence-corrected chi connectivity index (χ3v) is 4.27. The molecule has 9 heteroatoms. The molecule has 2 heterocycles. The number of carbonyl (C=O) groups excluding carboxylic acids is 1. The minimum absolute atomic E-state index is 0. The fraction of sp³-hybridized carbons (Fsp3) is 0.368. The molecule has 2 aromatic rings. The van der Waals surface area contributed by atoms with Gasteiger partial charge in [0.25, 0.3) is 0 Å². The number of amides is 2. The molecule has 1 atom stereocenters. The maximum Gasteiger partial charge on any atom is 0.318 e. The lowest BCUT2D eigenvalue weighted by atomic mass is 10.2. The second-order valence-corrected chi connectivity index (χ2v) is 6.06. The minimum Gasteiger partial charge on any atom is -0.497 e. The molecule has 3 rings (SSSR count). The predicted molar refractivity (Wildman–Crippen MR) is 113 cm³/mol. The first-order valence-electron chi connectivity index (χ1n) is 8.67. The normalized spacial score (nSPS) is 15.6. The zero-order valence-electron chi connectivity index (χ0n) is 15.7. The van der Waals surface area contributed by atoms with Crippen molar-refractivity contribution in [1.29, 1.82) is 0 Å². The van der Waals surface area contributed by atoms with Crippen LogP contribution in [0.5, 0.6) is 11.5 Å². The molecule has 1 unspecified atom stereocenters. The molecule has 1 aromatic carbocycles. The number of benzene rings is 1. The fourth-order valence-electron chi connectivity index (χ4n) is 2.86. The van der Waals surface area contributed by atoms with Crippen molar-refractivity contribution in [3.05, 3.63) is 54.4 Å². The lowest BCUT2D eigenvalue weighted by Crippen LogP contribution is -2.58. The van der Waals surface area contributed by atoms with Crippen LogP contribution in [0.3, 0.4) is 0 Å². The monoisotopic (exact) mass is 428 g/mol. The van der Waals surface area contributed by atoms with Gasteiger partial charge in [0.1, 0.15) is 18.1 Å². The lowest BCUT2D eigenvalue weighted by molar-refractivity contribution is 0.124. The molecule has 1 saturated heterocycles. The molecule has 0 aliphatic carbocycles. The Bertz CT molecular complexity index is 721. The van der Waals surface area contributed by atoms with E-state index < -0.39 is 0 Å². The van der Waals surface area contributed by atoms with E-state index >= 15 is 0 Å². The molecular formula is C19H26Cl2N4O3. The quantitative estimate of drug-likeness (QED) is 0.738. The van der Waals surface area contributed by atoms with Crippen LogP contribution in [-0.4, -0.2) is 55.3 Å². The number of piperazine rings is 1. The number of methoxy groups -OCH3 is 1. The van der Waals surface area contributed by atoms with E-state index in [0.717, 1.165) is 17.9 Å². The van der Waals surface area contributed by atoms with Crippen molar-refractivity contribution >= 4 is 30.8 Å². The Balaban J connectivity index is 0.00000196. The van der Waals surface area contributed by atoms with Gasteiger partial charge < -0.3 is 25.0 Å². The Morgan fingerprint density at radius 2 is 2.11 bits per heavy atom. The van der Waals surface area contributed by atoms with E-state index in [1.54, 1.807) is 19.5 Å². The van der Waals surface area contributed by atoms with E-state index in [9.17, 15) is 4.79 Å². The number of pyridine rings is 1. The van der Waals surface area contributed by atoms with E-state index in [4.69, 9.17) is 9.47 Å². The van der Waals surface area contributed by atoms with Crippen LogP contribution in [0.4, 0.5) is 4.79 Å². The van der Waals surface area contributed by atoms with Crippen molar-refractivity contribution in [2.75, 3.05) is 33.4 Å². The highest BCUT2D eigenvalue weighted by Gasteiger charge is 2.27. The molecule has 0 saturated carbocycles. The summed E-state index contributed by atoms with van der Waals surface area (Å²) in [7, 11) is 1.63. The Labute approximate surface area is 177 Å². The lowest BCUT2D eigenvalue weighted by Gasteiger charge is -2.36. The first kappa shape index (κ1) is 23.8. The van der Waals surface area contributed by atoms with Gasteiger partial charge in [0, 0.05) is 32.4 Å². The maximum atomic E-state index is 12.6. The second kappa shape index (κ2) is 12.3.